The fourth-order valence-corrected chi connectivity index (χ4v) is 2.33. The lowest BCUT2D eigenvalue weighted by atomic mass is 10.2. The van der Waals surface area contributed by atoms with Crippen molar-refractivity contribution in [2.75, 3.05) is 13.7 Å². The third-order valence-electron chi connectivity index (χ3n) is 2.98. The molecule has 0 aliphatic heterocycles. The Kier molecular flexibility index (Phi) is 6.34. The SMILES string of the molecule is COc1cc(/C=N\NC(=O)c2ccccc2Br)ccc1OCC#N. The summed E-state index contributed by atoms with van der Waals surface area (Å²) in [4.78, 5) is 12.0. The molecule has 0 saturated carbocycles. The molecule has 2 rings (SSSR count). The lowest BCUT2D eigenvalue weighted by Gasteiger charge is -2.08. The van der Waals surface area contributed by atoms with E-state index >= 15 is 0 Å². The second kappa shape index (κ2) is 8.70. The first kappa shape index (κ1) is 17.5. The molecule has 0 saturated heterocycles. The van der Waals surface area contributed by atoms with Gasteiger partial charge in [0, 0.05) is 4.47 Å². The maximum Gasteiger partial charge on any atom is 0.272 e. The van der Waals surface area contributed by atoms with E-state index < -0.39 is 0 Å². The number of ether oxygens (including phenoxy) is 2. The Labute approximate surface area is 147 Å². The predicted octanol–water partition coefficient (Wildman–Crippen LogP) is 3.12. The van der Waals surface area contributed by atoms with Crippen LogP contribution in [0.1, 0.15) is 15.9 Å². The maximum absolute atomic E-state index is 12.0. The minimum atomic E-state index is -0.320. The number of benzene rings is 2. The van der Waals surface area contributed by atoms with Gasteiger partial charge in [-0.1, -0.05) is 12.1 Å². The topological polar surface area (TPSA) is 83.7 Å². The third-order valence-corrected chi connectivity index (χ3v) is 3.67. The Bertz CT molecular complexity index is 800. The first-order chi connectivity index (χ1) is 11.7. The van der Waals surface area contributed by atoms with Crippen LogP contribution >= 0.6 is 15.9 Å². The number of halogens is 1. The van der Waals surface area contributed by atoms with Crippen molar-refractivity contribution in [3.63, 3.8) is 0 Å². The van der Waals surface area contributed by atoms with Crippen LogP contribution in [0.2, 0.25) is 0 Å². The molecule has 0 unspecified atom stereocenters. The summed E-state index contributed by atoms with van der Waals surface area (Å²) in [5.41, 5.74) is 3.66. The number of carbonyl (C=O) groups excluding carboxylic acids is 1. The van der Waals surface area contributed by atoms with Crippen LogP contribution in [0.3, 0.4) is 0 Å². The summed E-state index contributed by atoms with van der Waals surface area (Å²) in [7, 11) is 1.50. The zero-order chi connectivity index (χ0) is 17.4. The molecule has 0 heterocycles. The first-order valence-corrected chi connectivity index (χ1v) is 7.70. The minimum Gasteiger partial charge on any atom is -0.493 e. The van der Waals surface area contributed by atoms with Gasteiger partial charge in [-0.05, 0) is 51.8 Å². The quantitative estimate of drug-likeness (QED) is 0.609. The standard InChI is InChI=1S/C17H14BrN3O3/c1-23-16-10-12(6-7-15(16)24-9-8-19)11-20-21-17(22)13-4-2-3-5-14(13)18/h2-7,10-11H,9H2,1H3,(H,21,22)/b20-11-. The summed E-state index contributed by atoms with van der Waals surface area (Å²) < 4.78 is 11.1. The molecule has 0 atom stereocenters. The van der Waals surface area contributed by atoms with Crippen LogP contribution in [0.5, 0.6) is 11.5 Å². The molecule has 7 heteroatoms. The zero-order valence-corrected chi connectivity index (χ0v) is 14.4. The van der Waals surface area contributed by atoms with Crippen LogP contribution in [0.15, 0.2) is 52.0 Å². The minimum absolute atomic E-state index is 0.0637. The highest BCUT2D eigenvalue weighted by molar-refractivity contribution is 9.10. The lowest BCUT2D eigenvalue weighted by molar-refractivity contribution is 0.0954. The molecule has 0 bridgehead atoms. The Morgan fingerprint density at radius 3 is 2.83 bits per heavy atom. The van der Waals surface area contributed by atoms with Gasteiger partial charge in [0.25, 0.3) is 5.91 Å². The van der Waals surface area contributed by atoms with Gasteiger partial charge in [-0.2, -0.15) is 10.4 Å². The van der Waals surface area contributed by atoms with Crippen molar-refractivity contribution in [1.82, 2.24) is 5.43 Å². The van der Waals surface area contributed by atoms with Gasteiger partial charge in [0.2, 0.25) is 0 Å². The molecule has 1 N–H and O–H groups in total. The summed E-state index contributed by atoms with van der Waals surface area (Å²) in [5.74, 6) is 0.624. The van der Waals surface area contributed by atoms with Crippen molar-refractivity contribution in [3.05, 3.63) is 58.1 Å². The molecule has 6 nitrogen and oxygen atoms in total. The van der Waals surface area contributed by atoms with E-state index in [1.807, 2.05) is 12.1 Å². The van der Waals surface area contributed by atoms with Crippen LogP contribution in [0, 0.1) is 11.3 Å². The van der Waals surface area contributed by atoms with Crippen LogP contribution in [-0.2, 0) is 0 Å². The van der Waals surface area contributed by atoms with E-state index in [4.69, 9.17) is 14.7 Å². The van der Waals surface area contributed by atoms with E-state index in [0.717, 1.165) is 0 Å². The zero-order valence-electron chi connectivity index (χ0n) is 12.8. The molecular formula is C17H14BrN3O3. The van der Waals surface area contributed by atoms with Crippen molar-refractivity contribution < 1.29 is 14.3 Å². The molecular weight excluding hydrogens is 374 g/mol. The monoisotopic (exact) mass is 387 g/mol. The molecule has 0 spiro atoms. The molecule has 0 fully saturated rings. The normalized spacial score (nSPS) is 10.2. The first-order valence-electron chi connectivity index (χ1n) is 6.91. The van der Waals surface area contributed by atoms with E-state index in [9.17, 15) is 4.79 Å². The molecule has 0 radical (unpaired) electrons. The van der Waals surface area contributed by atoms with Crippen molar-refractivity contribution in [2.24, 2.45) is 5.10 Å². The van der Waals surface area contributed by atoms with E-state index in [0.29, 0.717) is 27.1 Å². The largest absolute Gasteiger partial charge is 0.493 e. The van der Waals surface area contributed by atoms with Crippen molar-refractivity contribution in [3.8, 4) is 17.6 Å². The highest BCUT2D eigenvalue weighted by Gasteiger charge is 2.08. The average molecular weight is 388 g/mol. The third kappa shape index (κ3) is 4.57. The summed E-state index contributed by atoms with van der Waals surface area (Å²) in [6, 6.07) is 14.1. The smallest absolute Gasteiger partial charge is 0.272 e. The van der Waals surface area contributed by atoms with E-state index in [2.05, 4.69) is 26.5 Å². The highest BCUT2D eigenvalue weighted by atomic mass is 79.9. The fourth-order valence-electron chi connectivity index (χ4n) is 1.86. The van der Waals surface area contributed by atoms with Gasteiger partial charge >= 0.3 is 0 Å². The second-order valence-corrected chi connectivity index (χ2v) is 5.39. The molecule has 0 aliphatic carbocycles. The molecule has 2 aromatic carbocycles. The highest BCUT2D eigenvalue weighted by Crippen LogP contribution is 2.27. The number of carbonyl (C=O) groups is 1. The van der Waals surface area contributed by atoms with Crippen LogP contribution < -0.4 is 14.9 Å². The molecule has 0 aliphatic rings. The summed E-state index contributed by atoms with van der Waals surface area (Å²) in [5, 5.41) is 12.5. The molecule has 122 valence electrons. The number of nitrogens with zero attached hydrogens (tertiary/aromatic N) is 2. The summed E-state index contributed by atoms with van der Waals surface area (Å²) in [6.07, 6.45) is 1.49. The van der Waals surface area contributed by atoms with Crippen molar-refractivity contribution >= 4 is 28.1 Å². The maximum atomic E-state index is 12.0. The molecule has 1 amide bonds. The molecule has 2 aromatic rings. The van der Waals surface area contributed by atoms with E-state index in [1.54, 1.807) is 36.4 Å². The number of amides is 1. The molecule has 24 heavy (non-hydrogen) atoms. The van der Waals surface area contributed by atoms with Gasteiger partial charge in [0.15, 0.2) is 18.1 Å². The van der Waals surface area contributed by atoms with E-state index in [-0.39, 0.29) is 12.5 Å². The number of nitrogens with one attached hydrogen (secondary N) is 1. The number of hydrogen-bond acceptors (Lipinski definition) is 5. The number of hydrazone groups is 1. The number of hydrogen-bond donors (Lipinski definition) is 1. The van der Waals surface area contributed by atoms with Gasteiger partial charge in [-0.15, -0.1) is 0 Å². The number of rotatable bonds is 6. The van der Waals surface area contributed by atoms with Crippen molar-refractivity contribution in [2.45, 2.75) is 0 Å². The van der Waals surface area contributed by atoms with Gasteiger partial charge in [0.1, 0.15) is 6.07 Å². The Balaban J connectivity index is 2.05. The second-order valence-electron chi connectivity index (χ2n) is 4.54. The van der Waals surface area contributed by atoms with Crippen molar-refractivity contribution in [1.29, 1.82) is 5.26 Å². The molecule has 0 aromatic heterocycles. The van der Waals surface area contributed by atoms with Gasteiger partial charge < -0.3 is 9.47 Å². The van der Waals surface area contributed by atoms with Gasteiger partial charge in [-0.25, -0.2) is 5.43 Å². The van der Waals surface area contributed by atoms with Crippen LogP contribution in [0.25, 0.3) is 0 Å². The average Bonchev–Trinajstić information content (AvgIpc) is 2.60. The van der Waals surface area contributed by atoms with Crippen LogP contribution in [0.4, 0.5) is 0 Å². The predicted molar refractivity (Wildman–Crippen MR) is 93.3 cm³/mol. The fraction of sp³-hybridized carbons (Fsp3) is 0.118. The van der Waals surface area contributed by atoms with E-state index in [1.165, 1.54) is 13.3 Å². The summed E-state index contributed by atoms with van der Waals surface area (Å²) in [6.45, 7) is -0.0637. The van der Waals surface area contributed by atoms with Gasteiger partial charge in [0.05, 0.1) is 18.9 Å². The number of nitriles is 1. The Morgan fingerprint density at radius 1 is 1.33 bits per heavy atom. The Morgan fingerprint density at radius 2 is 2.12 bits per heavy atom. The summed E-state index contributed by atoms with van der Waals surface area (Å²) >= 11 is 3.32. The van der Waals surface area contributed by atoms with Crippen LogP contribution in [-0.4, -0.2) is 25.8 Å². The lowest BCUT2D eigenvalue weighted by Crippen LogP contribution is -2.18. The van der Waals surface area contributed by atoms with Gasteiger partial charge in [-0.3, -0.25) is 4.79 Å². The number of methoxy groups -OCH3 is 1. The Hall–Kier alpha value is -2.85.